The number of hydrogen-bond donors (Lipinski definition) is 0. The van der Waals surface area contributed by atoms with Crippen molar-refractivity contribution >= 4 is 11.6 Å². The van der Waals surface area contributed by atoms with Gasteiger partial charge in [0.25, 0.3) is 0 Å². The van der Waals surface area contributed by atoms with Crippen molar-refractivity contribution in [2.75, 3.05) is 6.61 Å². The van der Waals surface area contributed by atoms with Crippen molar-refractivity contribution < 1.29 is 28.5 Å². The molecule has 0 bridgehead atoms. The second kappa shape index (κ2) is 13.4. The Morgan fingerprint density at radius 1 is 0.641 bits per heavy atom. The van der Waals surface area contributed by atoms with Crippen LogP contribution in [0.4, 0.5) is 0 Å². The first kappa shape index (κ1) is 27.5. The highest BCUT2D eigenvalue weighted by atomic mass is 16.6. The molecule has 39 heavy (non-hydrogen) atoms. The fraction of sp³-hybridized carbons (Fsp3) is 0.576. The zero-order valence-electron chi connectivity index (χ0n) is 23.1. The van der Waals surface area contributed by atoms with E-state index in [1.807, 2.05) is 55.5 Å². The highest BCUT2D eigenvalue weighted by Gasteiger charge is 2.35. The molecule has 210 valence electrons. The molecule has 0 aromatic heterocycles. The Morgan fingerprint density at radius 3 is 1.72 bits per heavy atom. The largest absolute Gasteiger partial charge is 0.485 e. The molecule has 0 amide bonds. The van der Waals surface area contributed by atoms with Crippen molar-refractivity contribution in [1.29, 1.82) is 0 Å². The standard InChI is InChI=1S/C17H22O3.C16H20O3/c1-12-17(14(18)11-13-7-3-2-4-8-13)20-16-10-6-5-9-15(16)19-12;17-13(10-12-6-2-1-3-7-12)16-11-18-14-8-4-5-9-15(14)19-16/h5-6,9-10,12-13,17H,2-4,7-8,11H2,1H3;4-5,8-9,12,16H,1-3,6-7,10-11H2. The summed E-state index contributed by atoms with van der Waals surface area (Å²) in [7, 11) is 0. The number of rotatable bonds is 6. The molecule has 3 unspecified atom stereocenters. The van der Waals surface area contributed by atoms with E-state index >= 15 is 0 Å². The van der Waals surface area contributed by atoms with Crippen LogP contribution in [0, 0.1) is 11.8 Å². The van der Waals surface area contributed by atoms with Gasteiger partial charge in [-0.25, -0.2) is 0 Å². The van der Waals surface area contributed by atoms with Crippen LogP contribution in [0.1, 0.15) is 84.0 Å². The summed E-state index contributed by atoms with van der Waals surface area (Å²) in [5, 5.41) is 0. The molecule has 0 radical (unpaired) electrons. The summed E-state index contributed by atoms with van der Waals surface area (Å²) < 4.78 is 23.0. The van der Waals surface area contributed by atoms with Crippen LogP contribution in [0.25, 0.3) is 0 Å². The van der Waals surface area contributed by atoms with E-state index in [1.165, 1.54) is 64.2 Å². The molecule has 2 heterocycles. The van der Waals surface area contributed by atoms with Crippen LogP contribution in [-0.2, 0) is 9.59 Å². The molecular weight excluding hydrogens is 492 g/mol. The van der Waals surface area contributed by atoms with Crippen molar-refractivity contribution in [3.63, 3.8) is 0 Å². The fourth-order valence-electron chi connectivity index (χ4n) is 6.24. The monoisotopic (exact) mass is 534 g/mol. The maximum atomic E-state index is 12.5. The number of Topliss-reactive ketones (excluding diaryl/α,β-unsaturated/α-hetero) is 2. The van der Waals surface area contributed by atoms with Crippen molar-refractivity contribution in [3.8, 4) is 23.0 Å². The smallest absolute Gasteiger partial charge is 0.193 e. The lowest BCUT2D eigenvalue weighted by Crippen LogP contribution is -2.44. The summed E-state index contributed by atoms with van der Waals surface area (Å²) in [6.45, 7) is 2.27. The molecule has 2 fully saturated rings. The Hall–Kier alpha value is -3.02. The third-order valence-corrected chi connectivity index (χ3v) is 8.46. The van der Waals surface area contributed by atoms with E-state index in [0.29, 0.717) is 42.8 Å². The Kier molecular flexibility index (Phi) is 9.44. The highest BCUT2D eigenvalue weighted by Crippen LogP contribution is 2.36. The van der Waals surface area contributed by atoms with Crippen LogP contribution in [0.3, 0.4) is 0 Å². The van der Waals surface area contributed by atoms with Crippen molar-refractivity contribution in [2.24, 2.45) is 11.8 Å². The number of carbonyl (C=O) groups excluding carboxylic acids is 2. The van der Waals surface area contributed by atoms with Gasteiger partial charge < -0.3 is 18.9 Å². The molecule has 6 nitrogen and oxygen atoms in total. The summed E-state index contributed by atoms with van der Waals surface area (Å²) >= 11 is 0. The number of ketones is 2. The van der Waals surface area contributed by atoms with Crippen LogP contribution in [0.15, 0.2) is 48.5 Å². The van der Waals surface area contributed by atoms with Crippen molar-refractivity contribution in [3.05, 3.63) is 48.5 Å². The SMILES string of the molecule is CC1Oc2ccccc2OC1C(=O)CC1CCCCC1.O=C(CC1CCCCC1)C1COc2ccccc2O1. The lowest BCUT2D eigenvalue weighted by molar-refractivity contribution is -0.132. The van der Waals surface area contributed by atoms with Crippen LogP contribution < -0.4 is 18.9 Å². The maximum Gasteiger partial charge on any atom is 0.193 e. The molecule has 4 aliphatic rings. The third kappa shape index (κ3) is 7.34. The van der Waals surface area contributed by atoms with Gasteiger partial charge in [-0.2, -0.15) is 0 Å². The minimum Gasteiger partial charge on any atom is -0.485 e. The number of fused-ring (bicyclic) bond motifs is 2. The molecule has 2 aromatic rings. The van der Waals surface area contributed by atoms with Gasteiger partial charge in [-0.1, -0.05) is 88.5 Å². The van der Waals surface area contributed by atoms with E-state index < -0.39 is 12.2 Å². The zero-order chi connectivity index (χ0) is 27.0. The Balaban J connectivity index is 0.000000158. The average Bonchev–Trinajstić information content (AvgIpc) is 2.98. The van der Waals surface area contributed by atoms with E-state index in [4.69, 9.17) is 18.9 Å². The van der Waals surface area contributed by atoms with Crippen LogP contribution in [0.2, 0.25) is 0 Å². The Labute approximate surface area is 232 Å². The predicted octanol–water partition coefficient (Wildman–Crippen LogP) is 7.12. The van der Waals surface area contributed by atoms with E-state index in [-0.39, 0.29) is 17.7 Å². The summed E-state index contributed by atoms with van der Waals surface area (Å²) in [6.07, 6.45) is 12.7. The van der Waals surface area contributed by atoms with Gasteiger partial charge in [0.1, 0.15) is 12.7 Å². The van der Waals surface area contributed by atoms with Gasteiger partial charge >= 0.3 is 0 Å². The summed E-state index contributed by atoms with van der Waals surface area (Å²) in [5.41, 5.74) is 0. The molecule has 0 spiro atoms. The number of hydrogen-bond acceptors (Lipinski definition) is 6. The van der Waals surface area contributed by atoms with E-state index in [0.717, 1.165) is 11.5 Å². The Morgan fingerprint density at radius 2 is 1.13 bits per heavy atom. The lowest BCUT2D eigenvalue weighted by Gasteiger charge is -2.32. The van der Waals surface area contributed by atoms with Gasteiger partial charge in [-0.3, -0.25) is 9.59 Å². The third-order valence-electron chi connectivity index (χ3n) is 8.46. The van der Waals surface area contributed by atoms with Gasteiger partial charge in [0, 0.05) is 12.8 Å². The molecule has 2 saturated carbocycles. The molecular formula is C33H42O6. The number of para-hydroxylation sites is 4. The molecule has 2 aliphatic carbocycles. The normalized spacial score (nSPS) is 24.7. The van der Waals surface area contributed by atoms with E-state index in [2.05, 4.69) is 0 Å². The molecule has 6 rings (SSSR count). The Bertz CT molecular complexity index is 1100. The van der Waals surface area contributed by atoms with Crippen LogP contribution in [0.5, 0.6) is 23.0 Å². The second-order valence-corrected chi connectivity index (χ2v) is 11.5. The maximum absolute atomic E-state index is 12.5. The molecule has 0 saturated heterocycles. The molecule has 2 aliphatic heterocycles. The molecule has 0 N–H and O–H groups in total. The van der Waals surface area contributed by atoms with Gasteiger partial charge in [-0.05, 0) is 43.0 Å². The predicted molar refractivity (Wildman–Crippen MR) is 150 cm³/mol. The first-order valence-corrected chi connectivity index (χ1v) is 14.9. The van der Waals surface area contributed by atoms with E-state index in [9.17, 15) is 9.59 Å². The van der Waals surface area contributed by atoms with E-state index in [1.54, 1.807) is 0 Å². The number of ether oxygens (including phenoxy) is 4. The molecule has 3 atom stereocenters. The molecule has 2 aromatic carbocycles. The first-order valence-electron chi connectivity index (χ1n) is 14.9. The van der Waals surface area contributed by atoms with Crippen molar-refractivity contribution in [2.45, 2.75) is 102 Å². The van der Waals surface area contributed by atoms with Gasteiger partial charge in [0.15, 0.2) is 46.8 Å². The highest BCUT2D eigenvalue weighted by molar-refractivity contribution is 5.85. The van der Waals surface area contributed by atoms with Crippen molar-refractivity contribution in [1.82, 2.24) is 0 Å². The summed E-state index contributed by atoms with van der Waals surface area (Å²) in [4.78, 5) is 24.8. The summed E-state index contributed by atoms with van der Waals surface area (Å²) in [6, 6.07) is 15.1. The minimum absolute atomic E-state index is 0.193. The fourth-order valence-corrected chi connectivity index (χ4v) is 6.24. The number of benzene rings is 2. The van der Waals surface area contributed by atoms with Crippen LogP contribution in [-0.4, -0.2) is 36.5 Å². The molecule has 6 heteroatoms. The van der Waals surface area contributed by atoms with Crippen LogP contribution >= 0.6 is 0 Å². The van der Waals surface area contributed by atoms with Gasteiger partial charge in [0.05, 0.1) is 0 Å². The topological polar surface area (TPSA) is 71.1 Å². The van der Waals surface area contributed by atoms with Gasteiger partial charge in [-0.15, -0.1) is 0 Å². The lowest BCUT2D eigenvalue weighted by atomic mass is 9.84. The first-order chi connectivity index (χ1) is 19.1. The number of carbonyl (C=O) groups is 2. The average molecular weight is 535 g/mol. The second-order valence-electron chi connectivity index (χ2n) is 11.5. The van der Waals surface area contributed by atoms with Gasteiger partial charge in [0.2, 0.25) is 0 Å². The quantitative estimate of drug-likeness (QED) is 0.393. The summed E-state index contributed by atoms with van der Waals surface area (Å²) in [5.74, 6) is 4.35. The minimum atomic E-state index is -0.452. The zero-order valence-corrected chi connectivity index (χ0v) is 23.1.